The van der Waals surface area contributed by atoms with Crippen LogP contribution in [0.4, 0.5) is 0 Å². The zero-order chi connectivity index (χ0) is 24.4. The van der Waals surface area contributed by atoms with Crippen molar-refractivity contribution in [3.8, 4) is 0 Å². The number of hydrogen-bond donors (Lipinski definition) is 2. The molecule has 2 N–H and O–H groups in total. The van der Waals surface area contributed by atoms with Crippen LogP contribution in [0, 0.1) is 5.92 Å². The molecule has 5 nitrogen and oxygen atoms in total. The predicted octanol–water partition coefficient (Wildman–Crippen LogP) is 4.52. The molecule has 6 heteroatoms. The van der Waals surface area contributed by atoms with Gasteiger partial charge in [-0.2, -0.15) is 0 Å². The zero-order valence-electron chi connectivity index (χ0n) is 20.6. The molecule has 1 aromatic rings. The summed E-state index contributed by atoms with van der Waals surface area (Å²) in [5.41, 5.74) is 2.78. The number of allylic oxidation sites excluding steroid dienone is 2. The third kappa shape index (κ3) is 5.05. The Morgan fingerprint density at radius 2 is 1.71 bits per heavy atom. The van der Waals surface area contributed by atoms with E-state index in [9.17, 15) is 14.7 Å². The minimum atomic E-state index is -0.738. The van der Waals surface area contributed by atoms with E-state index in [-0.39, 0.29) is 23.9 Å². The van der Waals surface area contributed by atoms with Gasteiger partial charge in [0.15, 0.2) is 0 Å². The first-order valence-electron chi connectivity index (χ1n) is 12.8. The molecule has 0 spiro atoms. The summed E-state index contributed by atoms with van der Waals surface area (Å²) < 4.78 is 0. The summed E-state index contributed by atoms with van der Waals surface area (Å²) in [6.45, 7) is 6.13. The summed E-state index contributed by atoms with van der Waals surface area (Å²) in [6, 6.07) is 6.26. The van der Waals surface area contributed by atoms with E-state index in [0.717, 1.165) is 34.5 Å². The lowest BCUT2D eigenvalue weighted by Crippen LogP contribution is -2.48. The minimum Gasteiger partial charge on any atom is -0.481 e. The molecule has 2 atom stereocenters. The van der Waals surface area contributed by atoms with E-state index in [4.69, 9.17) is 11.6 Å². The lowest BCUT2D eigenvalue weighted by atomic mass is 9.90. The Morgan fingerprint density at radius 1 is 1.06 bits per heavy atom. The van der Waals surface area contributed by atoms with Crippen LogP contribution in [0.15, 0.2) is 29.5 Å². The highest BCUT2D eigenvalue weighted by Crippen LogP contribution is 2.39. The van der Waals surface area contributed by atoms with Crippen LogP contribution in [0.2, 0.25) is 0 Å². The van der Waals surface area contributed by atoms with E-state index >= 15 is 0 Å². The van der Waals surface area contributed by atoms with Crippen molar-refractivity contribution in [2.24, 2.45) is 5.92 Å². The number of nitrogens with one attached hydrogen (secondary N) is 1. The normalized spacial score (nSPS) is 26.3. The van der Waals surface area contributed by atoms with E-state index in [1.807, 2.05) is 36.1 Å². The second-order valence-corrected chi connectivity index (χ2v) is 10.7. The molecule has 1 saturated carbocycles. The quantitative estimate of drug-likeness (QED) is 0.644. The Balaban J connectivity index is 1.63. The topological polar surface area (TPSA) is 69.6 Å². The van der Waals surface area contributed by atoms with Gasteiger partial charge in [0.05, 0.1) is 16.6 Å². The number of carboxylic acids is 1. The van der Waals surface area contributed by atoms with Crippen molar-refractivity contribution in [3.05, 3.63) is 45.5 Å². The van der Waals surface area contributed by atoms with E-state index in [0.29, 0.717) is 29.5 Å². The molecule has 34 heavy (non-hydrogen) atoms. The summed E-state index contributed by atoms with van der Waals surface area (Å²) in [6.07, 6.45) is 11.0. The monoisotopic (exact) mass is 484 g/mol. The number of piperidine rings is 1. The second-order valence-electron chi connectivity index (χ2n) is 10.4. The molecule has 1 amide bonds. The molecule has 1 aliphatic carbocycles. The minimum absolute atomic E-state index is 0.00452. The summed E-state index contributed by atoms with van der Waals surface area (Å²) in [5, 5.41) is 15.7. The number of amides is 1. The highest BCUT2D eigenvalue weighted by molar-refractivity contribution is 6.48. The first-order chi connectivity index (χ1) is 16.3. The van der Waals surface area contributed by atoms with Crippen molar-refractivity contribution >= 4 is 34.6 Å². The largest absolute Gasteiger partial charge is 0.481 e. The molecule has 2 aliphatic heterocycles. The number of carbonyl (C=O) groups excluding carboxylic acids is 1. The first kappa shape index (κ1) is 24.8. The molecule has 0 aromatic heterocycles. The van der Waals surface area contributed by atoms with Crippen LogP contribution in [0.25, 0.3) is 11.1 Å². The molecule has 2 bridgehead atoms. The van der Waals surface area contributed by atoms with Gasteiger partial charge in [0.25, 0.3) is 5.91 Å². The van der Waals surface area contributed by atoms with Gasteiger partial charge >= 0.3 is 5.97 Å². The van der Waals surface area contributed by atoms with Gasteiger partial charge in [-0.15, -0.1) is 0 Å². The first-order valence-corrected chi connectivity index (χ1v) is 13.1. The number of fused-ring (bicyclic) bond motifs is 2. The smallest absolute Gasteiger partial charge is 0.306 e. The summed E-state index contributed by atoms with van der Waals surface area (Å²) in [4.78, 5) is 26.9. The summed E-state index contributed by atoms with van der Waals surface area (Å²) >= 11 is 6.98. The van der Waals surface area contributed by atoms with Crippen LogP contribution in [-0.4, -0.2) is 40.0 Å². The van der Waals surface area contributed by atoms with Gasteiger partial charge in [0, 0.05) is 28.9 Å². The average molecular weight is 485 g/mol. The van der Waals surface area contributed by atoms with E-state index < -0.39 is 5.97 Å². The van der Waals surface area contributed by atoms with Crippen LogP contribution in [0.1, 0.15) is 88.9 Å². The Labute approximate surface area is 207 Å². The summed E-state index contributed by atoms with van der Waals surface area (Å²) in [7, 11) is 0. The molecule has 3 fully saturated rings. The van der Waals surface area contributed by atoms with Gasteiger partial charge in [0.2, 0.25) is 0 Å². The number of carbonyl (C=O) groups is 2. The predicted molar refractivity (Wildman–Crippen MR) is 137 cm³/mol. The van der Waals surface area contributed by atoms with E-state index in [2.05, 4.69) is 19.2 Å². The maximum absolute atomic E-state index is 13.5. The fourth-order valence-electron chi connectivity index (χ4n) is 6.01. The number of rotatable bonds is 5. The van der Waals surface area contributed by atoms with Gasteiger partial charge < -0.3 is 15.3 Å². The fraction of sp³-hybridized carbons (Fsp3) is 0.571. The number of hydrogen-bond acceptors (Lipinski definition) is 3. The average Bonchev–Trinajstić information content (AvgIpc) is 3.10. The Bertz CT molecular complexity index is 1090. The molecule has 2 saturated heterocycles. The van der Waals surface area contributed by atoms with Crippen LogP contribution in [-0.2, 0) is 4.79 Å². The van der Waals surface area contributed by atoms with Crippen LogP contribution in [0.3, 0.4) is 0 Å². The van der Waals surface area contributed by atoms with Crippen molar-refractivity contribution < 1.29 is 14.7 Å². The molecule has 184 valence electrons. The highest BCUT2D eigenvalue weighted by Gasteiger charge is 2.45. The standard InChI is InChI=1S/C28H37ClN2O3/c1-4-18-14-19(27(32)31-22-11-12-23(31)16-20(15-22)28(33)34)10-13-24(18)25(29)26(17(2)3)30-21-8-6-5-7-9-21/h4,10,13-14,20-23,30H,5-9,11-12,15-16H2,1-3H3,(H,33,34)/b18-4-,25-24+. The van der Waals surface area contributed by atoms with E-state index in [1.165, 1.54) is 32.1 Å². The van der Waals surface area contributed by atoms with Crippen molar-refractivity contribution in [3.63, 3.8) is 0 Å². The third-order valence-corrected chi connectivity index (χ3v) is 8.23. The third-order valence-electron chi connectivity index (χ3n) is 7.84. The van der Waals surface area contributed by atoms with Crippen molar-refractivity contribution in [2.75, 3.05) is 0 Å². The number of carboxylic acid groups (broad SMARTS) is 1. The highest BCUT2D eigenvalue weighted by atomic mass is 35.5. The Morgan fingerprint density at radius 3 is 2.26 bits per heavy atom. The number of halogens is 1. The van der Waals surface area contributed by atoms with Crippen LogP contribution >= 0.6 is 11.6 Å². The van der Waals surface area contributed by atoms with Gasteiger partial charge in [-0.3, -0.25) is 9.59 Å². The molecular weight excluding hydrogens is 448 g/mol. The van der Waals surface area contributed by atoms with Crippen molar-refractivity contribution in [2.45, 2.75) is 96.7 Å². The van der Waals surface area contributed by atoms with Crippen molar-refractivity contribution in [1.29, 1.82) is 0 Å². The maximum atomic E-state index is 13.5. The molecule has 0 radical (unpaired) electrons. The van der Waals surface area contributed by atoms with E-state index in [1.54, 1.807) is 0 Å². The second kappa shape index (κ2) is 10.6. The zero-order valence-corrected chi connectivity index (χ0v) is 21.3. The molecule has 1 aromatic carbocycles. The molecule has 2 unspecified atom stereocenters. The lowest BCUT2D eigenvalue weighted by molar-refractivity contribution is -0.144. The number of benzene rings is 1. The van der Waals surface area contributed by atoms with Crippen LogP contribution < -0.4 is 15.8 Å². The Kier molecular flexibility index (Phi) is 7.71. The van der Waals surface area contributed by atoms with Gasteiger partial charge in [0.1, 0.15) is 0 Å². The number of aliphatic carboxylic acids is 1. The fourth-order valence-corrected chi connectivity index (χ4v) is 6.42. The summed E-state index contributed by atoms with van der Waals surface area (Å²) in [5.74, 6) is -1.07. The molecule has 4 rings (SSSR count). The van der Waals surface area contributed by atoms with Gasteiger partial charge in [-0.25, -0.2) is 0 Å². The molecular formula is C28H37ClN2O3. The van der Waals surface area contributed by atoms with Gasteiger partial charge in [-0.1, -0.05) is 48.6 Å². The van der Waals surface area contributed by atoms with Crippen LogP contribution in [0.5, 0.6) is 0 Å². The maximum Gasteiger partial charge on any atom is 0.306 e. The Hall–Kier alpha value is -2.27. The SMILES string of the molecule is C/C=c1/cc(C(=O)N2C3CCC2CC(C(=O)O)C3)cc/c1=C(\Cl)C(NC1CCCCC1)=C(C)C. The molecule has 3 aliphatic rings. The van der Waals surface area contributed by atoms with Crippen molar-refractivity contribution in [1.82, 2.24) is 10.2 Å². The lowest BCUT2D eigenvalue weighted by Gasteiger charge is -2.37. The molecule has 2 heterocycles. The van der Waals surface area contributed by atoms with Gasteiger partial charge in [-0.05, 0) is 76.6 Å². The number of nitrogens with zero attached hydrogens (tertiary/aromatic N) is 1.